The molecule has 0 aliphatic rings. The lowest BCUT2D eigenvalue weighted by atomic mass is 10.4. The summed E-state index contributed by atoms with van der Waals surface area (Å²) in [4.78, 5) is 0. The van der Waals surface area contributed by atoms with Gasteiger partial charge in [0.1, 0.15) is 0 Å². The Morgan fingerprint density at radius 2 is 1.00 bits per heavy atom. The molecule has 2 atom stereocenters. The lowest BCUT2D eigenvalue weighted by Gasteiger charge is -2.05. The fraction of sp³-hybridized carbons (Fsp3) is 1.00. The molecular weight excluding hydrogens is 441 g/mol. The lowest BCUT2D eigenvalue weighted by molar-refractivity contribution is 0.560. The van der Waals surface area contributed by atoms with Crippen molar-refractivity contribution in [3.05, 3.63) is 0 Å². The van der Waals surface area contributed by atoms with Crippen LogP contribution in [0.5, 0.6) is 0 Å². The topological polar surface area (TPSA) is 143 Å². The monoisotopic (exact) mass is 462 g/mol. The SMILES string of the molecule is O=S(O)CCCCSS(=O)(=O)CCS(=O)(=O)SCCCCS(=O)O. The van der Waals surface area contributed by atoms with Crippen molar-refractivity contribution in [2.75, 3.05) is 34.5 Å². The quantitative estimate of drug-likeness (QED) is 0.206. The van der Waals surface area contributed by atoms with Crippen molar-refractivity contribution < 1.29 is 34.4 Å². The molecule has 0 aromatic rings. The fourth-order valence-electron chi connectivity index (χ4n) is 1.35. The zero-order valence-electron chi connectivity index (χ0n) is 12.9. The third-order valence-electron chi connectivity index (χ3n) is 2.54. The van der Waals surface area contributed by atoms with E-state index in [1.807, 2.05) is 0 Å². The highest BCUT2D eigenvalue weighted by Gasteiger charge is 2.19. The van der Waals surface area contributed by atoms with Gasteiger partial charge in [0, 0.05) is 23.0 Å². The highest BCUT2D eigenvalue weighted by Crippen LogP contribution is 2.20. The molecule has 0 aliphatic carbocycles. The van der Waals surface area contributed by atoms with Gasteiger partial charge in [0.15, 0.2) is 22.2 Å². The Hall–Kier alpha value is 0.820. The van der Waals surface area contributed by atoms with E-state index in [0.717, 1.165) is 0 Å². The predicted octanol–water partition coefficient (Wildman–Crippen LogP) is 1.12. The molecule has 0 radical (unpaired) electrons. The highest BCUT2D eigenvalue weighted by molar-refractivity contribution is 8.73. The minimum absolute atomic E-state index is 0.0928. The normalized spacial score (nSPS) is 15.2. The maximum Gasteiger partial charge on any atom is 0.202 e. The van der Waals surface area contributed by atoms with Crippen LogP contribution in [-0.4, -0.2) is 68.9 Å². The van der Waals surface area contributed by atoms with Gasteiger partial charge in [-0.2, -0.15) is 0 Å². The van der Waals surface area contributed by atoms with Crippen LogP contribution < -0.4 is 0 Å². The number of rotatable bonds is 15. The molecule has 2 N–H and O–H groups in total. The minimum Gasteiger partial charge on any atom is -0.306 e. The standard InChI is InChI=1S/C10H22O8S6/c11-21(12)7-3-1-5-19-23(15,16)9-10-24(17,18)20-6-2-4-8-22(13)14/h1-10H2,(H,11,12)(H,13,14). The van der Waals surface area contributed by atoms with E-state index in [1.54, 1.807) is 0 Å². The zero-order valence-corrected chi connectivity index (χ0v) is 17.8. The van der Waals surface area contributed by atoms with Gasteiger partial charge in [-0.3, -0.25) is 0 Å². The first kappa shape index (κ1) is 24.8. The highest BCUT2D eigenvalue weighted by atomic mass is 33.1. The molecule has 14 heteroatoms. The first-order valence-corrected chi connectivity index (χ1v) is 15.8. The van der Waals surface area contributed by atoms with Crippen LogP contribution in [0.3, 0.4) is 0 Å². The average Bonchev–Trinajstić information content (AvgIpc) is 2.44. The maximum atomic E-state index is 11.7. The fourth-order valence-corrected chi connectivity index (χ4v) is 9.43. The van der Waals surface area contributed by atoms with E-state index in [4.69, 9.17) is 9.11 Å². The molecule has 0 spiro atoms. The van der Waals surface area contributed by atoms with Crippen molar-refractivity contribution >= 4 is 61.5 Å². The summed E-state index contributed by atoms with van der Waals surface area (Å²) in [5.74, 6) is -0.250. The van der Waals surface area contributed by atoms with Gasteiger partial charge in [0.05, 0.1) is 11.5 Å². The summed E-state index contributed by atoms with van der Waals surface area (Å²) in [6, 6.07) is 0. The van der Waals surface area contributed by atoms with Crippen LogP contribution in [0.1, 0.15) is 25.7 Å². The van der Waals surface area contributed by atoms with E-state index in [9.17, 15) is 25.3 Å². The molecule has 24 heavy (non-hydrogen) atoms. The maximum absolute atomic E-state index is 11.7. The largest absolute Gasteiger partial charge is 0.306 e. The second-order valence-corrected chi connectivity index (χ2v) is 15.5. The molecule has 0 aromatic heterocycles. The van der Waals surface area contributed by atoms with E-state index >= 15 is 0 Å². The van der Waals surface area contributed by atoms with Gasteiger partial charge in [-0.25, -0.2) is 25.3 Å². The Balaban J connectivity index is 3.97. The summed E-state index contributed by atoms with van der Waals surface area (Å²) in [6.45, 7) is 0. The summed E-state index contributed by atoms with van der Waals surface area (Å²) in [5.41, 5.74) is 0. The Kier molecular flexibility index (Phi) is 13.5. The Labute approximate surface area is 155 Å². The van der Waals surface area contributed by atoms with Crippen molar-refractivity contribution in [1.82, 2.24) is 0 Å². The van der Waals surface area contributed by atoms with E-state index in [2.05, 4.69) is 0 Å². The van der Waals surface area contributed by atoms with Gasteiger partial charge in [-0.1, -0.05) is 0 Å². The number of hydrogen-bond donors (Lipinski definition) is 2. The molecule has 0 saturated carbocycles. The third kappa shape index (κ3) is 16.3. The van der Waals surface area contributed by atoms with Crippen LogP contribution in [0.15, 0.2) is 0 Å². The van der Waals surface area contributed by atoms with Gasteiger partial charge in [-0.15, -0.1) is 0 Å². The zero-order chi connectivity index (χ0) is 18.6. The second-order valence-electron chi connectivity index (χ2n) is 4.63. The molecule has 8 nitrogen and oxygen atoms in total. The van der Waals surface area contributed by atoms with Crippen LogP contribution in [0.25, 0.3) is 0 Å². The molecule has 0 fully saturated rings. The van der Waals surface area contributed by atoms with Gasteiger partial charge >= 0.3 is 0 Å². The number of unbranched alkanes of at least 4 members (excludes halogenated alkanes) is 2. The van der Waals surface area contributed by atoms with Crippen LogP contribution in [0, 0.1) is 0 Å². The molecular formula is C10H22O8S6. The van der Waals surface area contributed by atoms with E-state index in [-0.39, 0.29) is 23.0 Å². The van der Waals surface area contributed by atoms with Crippen LogP contribution in [-0.2, 0) is 39.9 Å². The van der Waals surface area contributed by atoms with Crippen molar-refractivity contribution in [2.24, 2.45) is 0 Å². The summed E-state index contributed by atoms with van der Waals surface area (Å²) in [6.07, 6.45) is 1.78. The van der Waals surface area contributed by atoms with Crippen LogP contribution in [0.4, 0.5) is 0 Å². The summed E-state index contributed by atoms with van der Waals surface area (Å²) in [5, 5.41) is 0. The van der Waals surface area contributed by atoms with Gasteiger partial charge in [0.25, 0.3) is 0 Å². The van der Waals surface area contributed by atoms with Gasteiger partial charge < -0.3 is 9.11 Å². The molecule has 0 rings (SSSR count). The molecule has 0 bridgehead atoms. The van der Waals surface area contributed by atoms with E-state index in [0.29, 0.717) is 47.3 Å². The molecule has 0 amide bonds. The first-order chi connectivity index (χ1) is 11.0. The summed E-state index contributed by atoms with van der Waals surface area (Å²) >= 11 is -3.77. The lowest BCUT2D eigenvalue weighted by Crippen LogP contribution is -2.13. The summed E-state index contributed by atoms with van der Waals surface area (Å²) in [7, 11) is -5.77. The average molecular weight is 463 g/mol. The third-order valence-corrected chi connectivity index (χ3v) is 11.3. The second kappa shape index (κ2) is 13.1. The molecule has 0 saturated heterocycles. The molecule has 0 heterocycles. The van der Waals surface area contributed by atoms with E-state index < -0.39 is 51.4 Å². The summed E-state index contributed by atoms with van der Waals surface area (Å²) < 4.78 is 85.0. The molecule has 0 aliphatic heterocycles. The van der Waals surface area contributed by atoms with Crippen molar-refractivity contribution in [2.45, 2.75) is 25.7 Å². The predicted molar refractivity (Wildman–Crippen MR) is 102 cm³/mol. The number of hydrogen-bond acceptors (Lipinski definition) is 8. The van der Waals surface area contributed by atoms with Crippen molar-refractivity contribution in [3.63, 3.8) is 0 Å². The van der Waals surface area contributed by atoms with Crippen molar-refractivity contribution in [3.8, 4) is 0 Å². The minimum atomic E-state index is -3.55. The van der Waals surface area contributed by atoms with E-state index in [1.165, 1.54) is 0 Å². The van der Waals surface area contributed by atoms with Crippen molar-refractivity contribution in [1.29, 1.82) is 0 Å². The Bertz CT molecular complexity index is 545. The molecule has 0 aromatic carbocycles. The smallest absolute Gasteiger partial charge is 0.202 e. The van der Waals surface area contributed by atoms with Crippen LogP contribution >= 0.6 is 21.6 Å². The Morgan fingerprint density at radius 3 is 1.29 bits per heavy atom. The van der Waals surface area contributed by atoms with Gasteiger partial charge in [0.2, 0.25) is 17.7 Å². The molecule has 2 unspecified atom stereocenters. The Morgan fingerprint density at radius 1 is 0.667 bits per heavy atom. The molecule has 146 valence electrons. The van der Waals surface area contributed by atoms with Crippen LogP contribution in [0.2, 0.25) is 0 Å². The first-order valence-electron chi connectivity index (χ1n) is 6.93. The van der Waals surface area contributed by atoms with Gasteiger partial charge in [-0.05, 0) is 47.3 Å².